The third-order valence-electron chi connectivity index (χ3n) is 6.54. The van der Waals surface area contributed by atoms with Crippen LogP contribution in [0.4, 0.5) is 0 Å². The first-order valence-corrected chi connectivity index (χ1v) is 10.0. The van der Waals surface area contributed by atoms with Crippen molar-refractivity contribution in [2.24, 2.45) is 11.8 Å². The van der Waals surface area contributed by atoms with Crippen molar-refractivity contribution in [1.82, 2.24) is 0 Å². The molecule has 0 radical (unpaired) electrons. The Kier molecular flexibility index (Phi) is 6.54. The Hall–Kier alpha value is -2.76. The third kappa shape index (κ3) is 3.48. The number of rotatable bonds is 8. The molecule has 4 atom stereocenters. The zero-order chi connectivity index (χ0) is 22.0. The lowest BCUT2D eigenvalue weighted by Gasteiger charge is -2.50. The van der Waals surface area contributed by atoms with E-state index >= 15 is 0 Å². The van der Waals surface area contributed by atoms with Gasteiger partial charge in [0.15, 0.2) is 23.0 Å². The van der Waals surface area contributed by atoms with Gasteiger partial charge in [0.1, 0.15) is 11.5 Å². The fourth-order valence-corrected chi connectivity index (χ4v) is 4.74. The molecule has 3 rings (SSSR count). The van der Waals surface area contributed by atoms with Crippen LogP contribution in [0.25, 0.3) is 0 Å². The molecule has 2 aromatic carbocycles. The van der Waals surface area contributed by atoms with Crippen LogP contribution in [0.3, 0.4) is 0 Å². The molecule has 0 bridgehead atoms. The lowest BCUT2D eigenvalue weighted by atomic mass is 9.53. The molecule has 0 aliphatic heterocycles. The highest BCUT2D eigenvalue weighted by Gasteiger charge is 2.49. The molecule has 6 heteroatoms. The van der Waals surface area contributed by atoms with E-state index in [1.54, 1.807) is 42.7 Å². The monoisotopic (exact) mass is 416 g/mol. The molecule has 1 saturated carbocycles. The number of hydrogen-bond acceptors (Lipinski definition) is 6. The molecule has 1 aliphatic rings. The highest BCUT2D eigenvalue weighted by Crippen LogP contribution is 2.61. The largest absolute Gasteiger partial charge is 0.496 e. The first-order valence-electron chi connectivity index (χ1n) is 10.0. The summed E-state index contributed by atoms with van der Waals surface area (Å²) in [5.41, 5.74) is 2.20. The first-order chi connectivity index (χ1) is 14.4. The SMILES string of the molecule is COc1cc(OC)c([C@H]2[C@@H](C)[C@H](C)[C@@H]2c2cc(OC)c(OC)cc2OC)cc1OC. The molecule has 0 aromatic heterocycles. The molecular formula is C24H32O6. The van der Waals surface area contributed by atoms with Crippen molar-refractivity contribution in [1.29, 1.82) is 0 Å². The Bertz CT molecular complexity index is 820. The Morgan fingerprint density at radius 1 is 0.433 bits per heavy atom. The van der Waals surface area contributed by atoms with E-state index in [2.05, 4.69) is 13.8 Å². The highest BCUT2D eigenvalue weighted by atomic mass is 16.5. The van der Waals surface area contributed by atoms with Gasteiger partial charge in [-0.25, -0.2) is 0 Å². The summed E-state index contributed by atoms with van der Waals surface area (Å²) in [7, 11) is 9.92. The number of ether oxygens (including phenoxy) is 6. The van der Waals surface area contributed by atoms with Crippen molar-refractivity contribution in [3.05, 3.63) is 35.4 Å². The summed E-state index contributed by atoms with van der Waals surface area (Å²) in [4.78, 5) is 0. The average molecular weight is 417 g/mol. The van der Waals surface area contributed by atoms with E-state index in [1.165, 1.54) is 0 Å². The lowest BCUT2D eigenvalue weighted by molar-refractivity contribution is 0.117. The lowest BCUT2D eigenvalue weighted by Crippen LogP contribution is -2.40. The summed E-state index contributed by atoms with van der Waals surface area (Å²) in [6, 6.07) is 7.86. The van der Waals surface area contributed by atoms with Gasteiger partial charge < -0.3 is 28.4 Å². The smallest absolute Gasteiger partial charge is 0.164 e. The fraction of sp³-hybridized carbons (Fsp3) is 0.500. The van der Waals surface area contributed by atoms with Gasteiger partial charge in [-0.2, -0.15) is 0 Å². The van der Waals surface area contributed by atoms with E-state index in [0.717, 1.165) is 22.6 Å². The van der Waals surface area contributed by atoms with Crippen molar-refractivity contribution < 1.29 is 28.4 Å². The molecule has 0 N–H and O–H groups in total. The van der Waals surface area contributed by atoms with Gasteiger partial charge in [0, 0.05) is 23.3 Å². The Morgan fingerprint density at radius 2 is 0.700 bits per heavy atom. The van der Waals surface area contributed by atoms with Crippen LogP contribution in [0.2, 0.25) is 0 Å². The third-order valence-corrected chi connectivity index (χ3v) is 6.54. The summed E-state index contributed by atoms with van der Waals surface area (Å²) >= 11 is 0. The number of benzene rings is 2. The molecule has 6 nitrogen and oxygen atoms in total. The molecule has 164 valence electrons. The van der Waals surface area contributed by atoms with E-state index in [1.807, 2.05) is 24.3 Å². The highest BCUT2D eigenvalue weighted by molar-refractivity contribution is 5.57. The predicted octanol–water partition coefficient (Wildman–Crippen LogP) is 4.89. The minimum atomic E-state index is 0.224. The fourth-order valence-electron chi connectivity index (χ4n) is 4.74. The maximum Gasteiger partial charge on any atom is 0.164 e. The quantitative estimate of drug-likeness (QED) is 0.611. The van der Waals surface area contributed by atoms with Gasteiger partial charge in [-0.1, -0.05) is 13.8 Å². The summed E-state index contributed by atoms with van der Waals surface area (Å²) in [6.07, 6.45) is 0. The second-order valence-corrected chi connectivity index (χ2v) is 7.67. The van der Waals surface area contributed by atoms with Gasteiger partial charge in [0.2, 0.25) is 0 Å². The van der Waals surface area contributed by atoms with Gasteiger partial charge in [0.05, 0.1) is 42.7 Å². The van der Waals surface area contributed by atoms with E-state index in [9.17, 15) is 0 Å². The summed E-state index contributed by atoms with van der Waals surface area (Å²) in [5.74, 6) is 5.61. The van der Waals surface area contributed by atoms with Crippen LogP contribution in [-0.4, -0.2) is 42.7 Å². The van der Waals surface area contributed by atoms with Crippen molar-refractivity contribution in [2.45, 2.75) is 25.7 Å². The first kappa shape index (κ1) is 21.9. The number of methoxy groups -OCH3 is 6. The molecule has 30 heavy (non-hydrogen) atoms. The Morgan fingerprint density at radius 3 is 0.967 bits per heavy atom. The Labute approximate surface area is 179 Å². The molecule has 1 aliphatic carbocycles. The van der Waals surface area contributed by atoms with Crippen LogP contribution in [0.5, 0.6) is 34.5 Å². The minimum absolute atomic E-state index is 0.224. The molecule has 0 unspecified atom stereocenters. The maximum atomic E-state index is 5.74. The Balaban J connectivity index is 2.14. The maximum absolute atomic E-state index is 5.74. The van der Waals surface area contributed by atoms with Crippen molar-refractivity contribution in [2.75, 3.05) is 42.7 Å². The van der Waals surface area contributed by atoms with Gasteiger partial charge in [-0.05, 0) is 35.8 Å². The van der Waals surface area contributed by atoms with Crippen molar-refractivity contribution in [3.8, 4) is 34.5 Å². The van der Waals surface area contributed by atoms with Crippen LogP contribution < -0.4 is 28.4 Å². The van der Waals surface area contributed by atoms with Crippen molar-refractivity contribution >= 4 is 0 Å². The number of hydrogen-bond donors (Lipinski definition) is 0. The normalized spacial score (nSPS) is 22.7. The summed E-state index contributed by atoms with van der Waals surface area (Å²) in [6.45, 7) is 4.55. The van der Waals surface area contributed by atoms with Crippen LogP contribution in [0, 0.1) is 11.8 Å². The topological polar surface area (TPSA) is 55.4 Å². The van der Waals surface area contributed by atoms with Gasteiger partial charge in [-0.15, -0.1) is 0 Å². The zero-order valence-electron chi connectivity index (χ0n) is 19.1. The van der Waals surface area contributed by atoms with Crippen LogP contribution in [0.1, 0.15) is 36.8 Å². The minimum Gasteiger partial charge on any atom is -0.496 e. The summed E-state index contributed by atoms with van der Waals surface area (Å²) < 4.78 is 33.5. The predicted molar refractivity (Wildman–Crippen MR) is 116 cm³/mol. The van der Waals surface area contributed by atoms with Crippen LogP contribution >= 0.6 is 0 Å². The zero-order valence-corrected chi connectivity index (χ0v) is 19.1. The van der Waals surface area contributed by atoms with Crippen LogP contribution in [0.15, 0.2) is 24.3 Å². The van der Waals surface area contributed by atoms with E-state index in [0.29, 0.717) is 34.8 Å². The molecule has 0 amide bonds. The van der Waals surface area contributed by atoms with E-state index in [-0.39, 0.29) is 11.8 Å². The molecule has 0 spiro atoms. The van der Waals surface area contributed by atoms with Gasteiger partial charge >= 0.3 is 0 Å². The van der Waals surface area contributed by atoms with Crippen LogP contribution in [-0.2, 0) is 0 Å². The van der Waals surface area contributed by atoms with Gasteiger partial charge in [-0.3, -0.25) is 0 Å². The van der Waals surface area contributed by atoms with E-state index in [4.69, 9.17) is 28.4 Å². The standard InChI is InChI=1S/C24H32O6/c1-13-14(2)24(16-10-20(28-6)22(30-8)12-18(16)26-4)23(13)15-9-19(27-5)21(29-7)11-17(15)25-3/h9-14,23-24H,1-8H3/t13-,14-,23+,24+/m0/s1. The molecule has 0 saturated heterocycles. The van der Waals surface area contributed by atoms with E-state index < -0.39 is 0 Å². The molecular weight excluding hydrogens is 384 g/mol. The second kappa shape index (κ2) is 8.94. The summed E-state index contributed by atoms with van der Waals surface area (Å²) in [5, 5.41) is 0. The van der Waals surface area contributed by atoms with Gasteiger partial charge in [0.25, 0.3) is 0 Å². The molecule has 2 aromatic rings. The molecule has 1 fully saturated rings. The molecule has 0 heterocycles. The average Bonchev–Trinajstić information content (AvgIpc) is 2.79. The van der Waals surface area contributed by atoms with Crippen molar-refractivity contribution in [3.63, 3.8) is 0 Å². The second-order valence-electron chi connectivity index (χ2n) is 7.67.